The van der Waals surface area contributed by atoms with Gasteiger partial charge in [-0.2, -0.15) is 0 Å². The Bertz CT molecular complexity index is 318. The van der Waals surface area contributed by atoms with Crippen LogP contribution in [0.1, 0.15) is 38.2 Å². The van der Waals surface area contributed by atoms with Gasteiger partial charge in [0.2, 0.25) is 0 Å². The molecule has 0 atom stereocenters. The highest BCUT2D eigenvalue weighted by molar-refractivity contribution is 5.06. The number of ether oxygens (including phenoxy) is 1. The molecule has 0 radical (unpaired) electrons. The van der Waals surface area contributed by atoms with Gasteiger partial charge in [-0.15, -0.1) is 0 Å². The monoisotopic (exact) mass is 241 g/mol. The molecule has 4 heteroatoms. The highest BCUT2D eigenvalue weighted by Gasteiger charge is 2.21. The van der Waals surface area contributed by atoms with E-state index in [1.54, 1.807) is 7.11 Å². The third-order valence-corrected chi connectivity index (χ3v) is 3.07. The molecule has 1 aromatic rings. The van der Waals surface area contributed by atoms with Crippen molar-refractivity contribution >= 4 is 0 Å². The Morgan fingerprint density at radius 3 is 2.53 bits per heavy atom. The second-order valence-electron chi connectivity index (χ2n) is 4.34. The quantitative estimate of drug-likeness (QED) is 0.731. The summed E-state index contributed by atoms with van der Waals surface area (Å²) >= 11 is 0. The highest BCUT2D eigenvalue weighted by Crippen LogP contribution is 2.14. The molecule has 0 spiro atoms. The van der Waals surface area contributed by atoms with Gasteiger partial charge in [0.1, 0.15) is 18.1 Å². The number of methoxy groups -OCH3 is 1. The van der Waals surface area contributed by atoms with Crippen LogP contribution >= 0.6 is 0 Å². The number of hydrogen-bond donors (Lipinski definition) is 2. The molecular formula is C13H23NO3. The molecule has 0 aliphatic heterocycles. The van der Waals surface area contributed by atoms with Crippen LogP contribution in [0.25, 0.3) is 0 Å². The fourth-order valence-electron chi connectivity index (χ4n) is 1.66. The van der Waals surface area contributed by atoms with Gasteiger partial charge in [0.05, 0.1) is 12.1 Å². The van der Waals surface area contributed by atoms with Crippen LogP contribution in [-0.4, -0.2) is 24.4 Å². The van der Waals surface area contributed by atoms with Gasteiger partial charge in [-0.3, -0.25) is 0 Å². The van der Waals surface area contributed by atoms with Crippen molar-refractivity contribution in [3.8, 4) is 0 Å². The van der Waals surface area contributed by atoms with Crippen LogP contribution in [0.15, 0.2) is 16.5 Å². The zero-order valence-electron chi connectivity index (χ0n) is 11.0. The highest BCUT2D eigenvalue weighted by atomic mass is 16.5. The zero-order chi connectivity index (χ0) is 12.7. The van der Waals surface area contributed by atoms with E-state index in [0.717, 1.165) is 24.4 Å². The molecule has 0 aliphatic carbocycles. The molecule has 0 aliphatic rings. The van der Waals surface area contributed by atoms with Gasteiger partial charge < -0.3 is 19.6 Å². The maximum absolute atomic E-state index is 10.1. The first-order valence-corrected chi connectivity index (χ1v) is 6.13. The van der Waals surface area contributed by atoms with E-state index in [1.807, 2.05) is 26.0 Å². The van der Waals surface area contributed by atoms with E-state index < -0.39 is 5.60 Å². The van der Waals surface area contributed by atoms with Gasteiger partial charge in [0.25, 0.3) is 0 Å². The van der Waals surface area contributed by atoms with Crippen molar-refractivity contribution in [1.29, 1.82) is 0 Å². The lowest BCUT2D eigenvalue weighted by Crippen LogP contribution is -2.39. The van der Waals surface area contributed by atoms with E-state index in [2.05, 4.69) is 5.32 Å². The maximum Gasteiger partial charge on any atom is 0.129 e. The Kier molecular flexibility index (Phi) is 5.68. The standard InChI is InChI=1S/C13H23NO3/c1-4-13(15,5-2)10-14-8-11-6-7-12(17-11)9-16-3/h6-7,14-15H,4-5,8-10H2,1-3H3. The Morgan fingerprint density at radius 2 is 1.94 bits per heavy atom. The van der Waals surface area contributed by atoms with Crippen molar-refractivity contribution in [2.24, 2.45) is 0 Å². The predicted molar refractivity (Wildman–Crippen MR) is 66.7 cm³/mol. The van der Waals surface area contributed by atoms with E-state index in [-0.39, 0.29) is 0 Å². The fraction of sp³-hybridized carbons (Fsp3) is 0.692. The summed E-state index contributed by atoms with van der Waals surface area (Å²) in [6, 6.07) is 3.84. The van der Waals surface area contributed by atoms with Crippen LogP contribution in [0.3, 0.4) is 0 Å². The minimum atomic E-state index is -0.609. The Morgan fingerprint density at radius 1 is 1.29 bits per heavy atom. The van der Waals surface area contributed by atoms with Gasteiger partial charge in [-0.25, -0.2) is 0 Å². The maximum atomic E-state index is 10.1. The number of furan rings is 1. The minimum absolute atomic E-state index is 0.494. The van der Waals surface area contributed by atoms with Crippen LogP contribution in [0.4, 0.5) is 0 Å². The summed E-state index contributed by atoms with van der Waals surface area (Å²) < 4.78 is 10.5. The fourth-order valence-corrected chi connectivity index (χ4v) is 1.66. The topological polar surface area (TPSA) is 54.6 Å². The second-order valence-corrected chi connectivity index (χ2v) is 4.34. The smallest absolute Gasteiger partial charge is 0.129 e. The van der Waals surface area contributed by atoms with Crippen molar-refractivity contribution in [2.45, 2.75) is 45.4 Å². The number of hydrogen-bond acceptors (Lipinski definition) is 4. The summed E-state index contributed by atoms with van der Waals surface area (Å²) in [5, 5.41) is 13.3. The van der Waals surface area contributed by atoms with E-state index in [0.29, 0.717) is 19.7 Å². The SMILES string of the molecule is CCC(O)(CC)CNCc1ccc(COC)o1. The number of aliphatic hydroxyl groups is 1. The Labute approximate surface area is 103 Å². The first-order chi connectivity index (χ1) is 8.13. The predicted octanol–water partition coefficient (Wildman–Crippen LogP) is 2.07. The first kappa shape index (κ1) is 14.2. The van der Waals surface area contributed by atoms with E-state index in [4.69, 9.17) is 9.15 Å². The van der Waals surface area contributed by atoms with Crippen LogP contribution in [0.2, 0.25) is 0 Å². The molecule has 1 rings (SSSR count). The van der Waals surface area contributed by atoms with Crippen LogP contribution in [0.5, 0.6) is 0 Å². The second kappa shape index (κ2) is 6.79. The summed E-state index contributed by atoms with van der Waals surface area (Å²) in [4.78, 5) is 0. The third-order valence-electron chi connectivity index (χ3n) is 3.07. The number of rotatable bonds is 8. The van der Waals surface area contributed by atoms with Crippen molar-refractivity contribution in [3.05, 3.63) is 23.7 Å². The summed E-state index contributed by atoms with van der Waals surface area (Å²) in [5.74, 6) is 1.69. The summed E-state index contributed by atoms with van der Waals surface area (Å²) in [6.07, 6.45) is 1.51. The summed E-state index contributed by atoms with van der Waals surface area (Å²) in [7, 11) is 1.64. The normalized spacial score (nSPS) is 12.0. The molecule has 0 unspecified atom stereocenters. The van der Waals surface area contributed by atoms with Crippen molar-refractivity contribution < 1.29 is 14.3 Å². The lowest BCUT2D eigenvalue weighted by molar-refractivity contribution is 0.0318. The lowest BCUT2D eigenvalue weighted by Gasteiger charge is -2.25. The summed E-state index contributed by atoms with van der Waals surface area (Å²) in [5.41, 5.74) is -0.609. The molecule has 0 saturated heterocycles. The Balaban J connectivity index is 2.34. The molecule has 0 bridgehead atoms. The molecule has 17 heavy (non-hydrogen) atoms. The molecule has 0 saturated carbocycles. The largest absolute Gasteiger partial charge is 0.462 e. The molecular weight excluding hydrogens is 218 g/mol. The molecule has 0 aromatic carbocycles. The molecule has 1 aromatic heterocycles. The minimum Gasteiger partial charge on any atom is -0.462 e. The average molecular weight is 241 g/mol. The van der Waals surface area contributed by atoms with E-state index in [9.17, 15) is 5.11 Å². The molecule has 0 fully saturated rings. The molecule has 98 valence electrons. The van der Waals surface area contributed by atoms with Gasteiger partial charge in [0, 0.05) is 13.7 Å². The van der Waals surface area contributed by atoms with Crippen LogP contribution < -0.4 is 5.32 Å². The molecule has 0 amide bonds. The van der Waals surface area contributed by atoms with Crippen molar-refractivity contribution in [2.75, 3.05) is 13.7 Å². The molecule has 4 nitrogen and oxygen atoms in total. The average Bonchev–Trinajstić information content (AvgIpc) is 2.77. The van der Waals surface area contributed by atoms with E-state index >= 15 is 0 Å². The Hall–Kier alpha value is -0.840. The van der Waals surface area contributed by atoms with Gasteiger partial charge >= 0.3 is 0 Å². The van der Waals surface area contributed by atoms with Crippen LogP contribution in [0, 0.1) is 0 Å². The van der Waals surface area contributed by atoms with Crippen molar-refractivity contribution in [3.63, 3.8) is 0 Å². The van der Waals surface area contributed by atoms with Crippen LogP contribution in [-0.2, 0) is 17.9 Å². The van der Waals surface area contributed by atoms with E-state index in [1.165, 1.54) is 0 Å². The number of nitrogens with one attached hydrogen (secondary N) is 1. The first-order valence-electron chi connectivity index (χ1n) is 6.13. The molecule has 1 heterocycles. The van der Waals surface area contributed by atoms with Crippen molar-refractivity contribution in [1.82, 2.24) is 5.32 Å². The lowest BCUT2D eigenvalue weighted by atomic mass is 9.98. The van der Waals surface area contributed by atoms with Gasteiger partial charge in [-0.05, 0) is 25.0 Å². The summed E-state index contributed by atoms with van der Waals surface area (Å²) in [6.45, 7) is 5.70. The van der Waals surface area contributed by atoms with Gasteiger partial charge in [-0.1, -0.05) is 13.8 Å². The molecule has 2 N–H and O–H groups in total. The van der Waals surface area contributed by atoms with Gasteiger partial charge in [0.15, 0.2) is 0 Å². The zero-order valence-corrected chi connectivity index (χ0v) is 11.0. The third kappa shape index (κ3) is 4.50.